The minimum atomic E-state index is -0.0338. The van der Waals surface area contributed by atoms with Crippen molar-refractivity contribution in [1.29, 1.82) is 5.26 Å². The molecule has 0 bridgehead atoms. The highest BCUT2D eigenvalue weighted by Crippen LogP contribution is 2.34. The van der Waals surface area contributed by atoms with Gasteiger partial charge in [0.05, 0.1) is 27.7 Å². The molecule has 31 heavy (non-hydrogen) atoms. The fourth-order valence-electron chi connectivity index (χ4n) is 4.00. The average molecular weight is 434 g/mol. The Kier molecular flexibility index (Phi) is 5.79. The molecule has 0 saturated carbocycles. The predicted molar refractivity (Wildman–Crippen MR) is 123 cm³/mol. The molecule has 1 saturated heterocycles. The van der Waals surface area contributed by atoms with Gasteiger partial charge in [-0.05, 0) is 30.7 Å². The van der Waals surface area contributed by atoms with Crippen LogP contribution in [0.5, 0.6) is 0 Å². The molecule has 0 radical (unpaired) electrons. The number of likely N-dealkylation sites (N-methyl/N-ethyl adjacent to an activating group) is 1. The van der Waals surface area contributed by atoms with Crippen molar-refractivity contribution in [2.45, 2.75) is 26.3 Å². The Hall–Kier alpha value is -3.17. The zero-order valence-corrected chi connectivity index (χ0v) is 18.6. The van der Waals surface area contributed by atoms with Crippen molar-refractivity contribution in [3.05, 3.63) is 53.1 Å². The van der Waals surface area contributed by atoms with E-state index in [0.717, 1.165) is 35.4 Å². The van der Waals surface area contributed by atoms with Gasteiger partial charge in [0.25, 0.3) is 0 Å². The fourth-order valence-corrected chi connectivity index (χ4v) is 4.16. The molecule has 1 amide bonds. The first kappa shape index (κ1) is 21.1. The van der Waals surface area contributed by atoms with Crippen molar-refractivity contribution >= 4 is 34.4 Å². The van der Waals surface area contributed by atoms with Gasteiger partial charge in [-0.1, -0.05) is 43.6 Å². The molecule has 0 spiro atoms. The zero-order valence-electron chi connectivity index (χ0n) is 17.8. The van der Waals surface area contributed by atoms with Crippen LogP contribution in [0.3, 0.4) is 0 Å². The smallest absolute Gasteiger partial charge is 0.225 e. The number of aromatic nitrogens is 2. The summed E-state index contributed by atoms with van der Waals surface area (Å²) in [7, 11) is 1.88. The van der Waals surface area contributed by atoms with Crippen LogP contribution in [0, 0.1) is 17.2 Å². The maximum atomic E-state index is 12.5. The molecule has 6 nitrogen and oxygen atoms in total. The third-order valence-electron chi connectivity index (χ3n) is 5.76. The number of carbonyl (C=O) groups excluding carboxylic acids is 1. The summed E-state index contributed by atoms with van der Waals surface area (Å²) in [5.74, 6) is 0.874. The molecule has 158 valence electrons. The number of para-hydroxylation sites is 2. The van der Waals surface area contributed by atoms with Crippen molar-refractivity contribution in [3.63, 3.8) is 0 Å². The van der Waals surface area contributed by atoms with E-state index in [2.05, 4.69) is 11.0 Å². The number of nitrogens with zero attached hydrogens (tertiary/aromatic N) is 5. The van der Waals surface area contributed by atoms with Crippen LogP contribution in [0.2, 0.25) is 5.02 Å². The Morgan fingerprint density at radius 1 is 1.23 bits per heavy atom. The quantitative estimate of drug-likeness (QED) is 0.605. The lowest BCUT2D eigenvalue weighted by atomic mass is 10.1. The standard InChI is InChI=1S/C24H24ClN5O/c1-15(2)24(31)29(3)18-10-11-30(14-18)23-22(16-8-9-19(25)17(12-16)13-26)27-20-6-4-5-7-21(20)28-23/h4-9,12,15,18H,10-11,14H2,1-3H3/t18-/m0/s1. The second-order valence-electron chi connectivity index (χ2n) is 8.18. The number of fused-ring (bicyclic) bond motifs is 1. The summed E-state index contributed by atoms with van der Waals surface area (Å²) < 4.78 is 0. The highest BCUT2D eigenvalue weighted by molar-refractivity contribution is 6.31. The van der Waals surface area contributed by atoms with Gasteiger partial charge in [0, 0.05) is 31.6 Å². The van der Waals surface area contributed by atoms with Crippen LogP contribution in [-0.2, 0) is 4.79 Å². The van der Waals surface area contributed by atoms with Crippen molar-refractivity contribution < 1.29 is 4.79 Å². The maximum Gasteiger partial charge on any atom is 0.225 e. The first-order chi connectivity index (χ1) is 14.9. The molecule has 3 aromatic rings. The summed E-state index contributed by atoms with van der Waals surface area (Å²) >= 11 is 6.15. The summed E-state index contributed by atoms with van der Waals surface area (Å²) in [6.45, 7) is 5.31. The molecular weight excluding hydrogens is 410 g/mol. The number of nitriles is 1. The number of anilines is 1. The van der Waals surface area contributed by atoms with Crippen LogP contribution < -0.4 is 4.90 Å². The van der Waals surface area contributed by atoms with Gasteiger partial charge in [-0.2, -0.15) is 5.26 Å². The number of amides is 1. The van der Waals surface area contributed by atoms with Crippen LogP contribution in [0.4, 0.5) is 5.82 Å². The largest absolute Gasteiger partial charge is 0.353 e. The van der Waals surface area contributed by atoms with Gasteiger partial charge >= 0.3 is 0 Å². The predicted octanol–water partition coefficient (Wildman–Crippen LogP) is 4.51. The minimum absolute atomic E-state index is 0.0338. The number of halogens is 1. The van der Waals surface area contributed by atoms with E-state index in [1.54, 1.807) is 12.1 Å². The van der Waals surface area contributed by atoms with E-state index in [1.165, 1.54) is 0 Å². The zero-order chi connectivity index (χ0) is 22.1. The van der Waals surface area contributed by atoms with Crippen molar-refractivity contribution in [3.8, 4) is 17.3 Å². The summed E-state index contributed by atoms with van der Waals surface area (Å²) in [5.41, 5.74) is 3.51. The van der Waals surface area contributed by atoms with E-state index in [1.807, 2.05) is 56.1 Å². The van der Waals surface area contributed by atoms with Crippen LogP contribution in [0.25, 0.3) is 22.3 Å². The van der Waals surface area contributed by atoms with E-state index in [9.17, 15) is 10.1 Å². The van der Waals surface area contributed by atoms with E-state index in [4.69, 9.17) is 21.6 Å². The van der Waals surface area contributed by atoms with Gasteiger partial charge < -0.3 is 9.80 Å². The van der Waals surface area contributed by atoms with Crippen LogP contribution in [-0.4, -0.2) is 47.0 Å². The molecule has 0 aliphatic carbocycles. The Morgan fingerprint density at radius 3 is 2.61 bits per heavy atom. The van der Waals surface area contributed by atoms with Gasteiger partial charge in [-0.15, -0.1) is 0 Å². The fraction of sp³-hybridized carbons (Fsp3) is 0.333. The number of benzene rings is 2. The lowest BCUT2D eigenvalue weighted by molar-refractivity contribution is -0.134. The first-order valence-corrected chi connectivity index (χ1v) is 10.7. The number of rotatable bonds is 4. The number of carbonyl (C=O) groups is 1. The number of hydrogen-bond acceptors (Lipinski definition) is 5. The molecular formula is C24H24ClN5O. The van der Waals surface area contributed by atoms with Gasteiger partial charge in [0.2, 0.25) is 5.91 Å². The van der Waals surface area contributed by atoms with Gasteiger partial charge in [0.1, 0.15) is 11.8 Å². The number of hydrogen-bond donors (Lipinski definition) is 0. The third kappa shape index (κ3) is 4.06. The SMILES string of the molecule is CC(C)C(=O)N(C)[C@H]1CCN(c2nc3ccccc3nc2-c2ccc(Cl)c(C#N)c2)C1. The van der Waals surface area contributed by atoms with E-state index in [0.29, 0.717) is 22.8 Å². The second-order valence-corrected chi connectivity index (χ2v) is 8.59. The lowest BCUT2D eigenvalue weighted by Crippen LogP contribution is -2.41. The van der Waals surface area contributed by atoms with Gasteiger partial charge in [-0.25, -0.2) is 9.97 Å². The highest BCUT2D eigenvalue weighted by atomic mass is 35.5. The molecule has 2 aromatic carbocycles. The maximum absolute atomic E-state index is 12.5. The first-order valence-electron chi connectivity index (χ1n) is 10.4. The minimum Gasteiger partial charge on any atom is -0.353 e. The third-order valence-corrected chi connectivity index (χ3v) is 6.09. The second kappa shape index (κ2) is 8.52. The Morgan fingerprint density at radius 2 is 1.94 bits per heavy atom. The Bertz CT molecular complexity index is 1190. The van der Waals surface area contributed by atoms with Crippen LogP contribution in [0.1, 0.15) is 25.8 Å². The van der Waals surface area contributed by atoms with Crippen LogP contribution in [0.15, 0.2) is 42.5 Å². The highest BCUT2D eigenvalue weighted by Gasteiger charge is 2.31. The lowest BCUT2D eigenvalue weighted by Gasteiger charge is -2.27. The Labute approximate surface area is 187 Å². The van der Waals surface area contributed by atoms with Crippen molar-refractivity contribution in [2.75, 3.05) is 25.0 Å². The van der Waals surface area contributed by atoms with E-state index >= 15 is 0 Å². The van der Waals surface area contributed by atoms with Crippen molar-refractivity contribution in [1.82, 2.24) is 14.9 Å². The molecule has 1 aromatic heterocycles. The average Bonchev–Trinajstić information content (AvgIpc) is 3.27. The van der Waals surface area contributed by atoms with Gasteiger partial charge in [-0.3, -0.25) is 4.79 Å². The van der Waals surface area contributed by atoms with Crippen molar-refractivity contribution in [2.24, 2.45) is 5.92 Å². The normalized spacial score (nSPS) is 16.0. The Balaban J connectivity index is 1.76. The van der Waals surface area contributed by atoms with E-state index in [-0.39, 0.29) is 17.9 Å². The molecule has 4 rings (SSSR count). The molecule has 2 heterocycles. The molecule has 1 aliphatic rings. The molecule has 1 aliphatic heterocycles. The molecule has 0 N–H and O–H groups in total. The molecule has 1 fully saturated rings. The summed E-state index contributed by atoms with van der Waals surface area (Å²) in [6, 6.07) is 15.4. The monoisotopic (exact) mass is 433 g/mol. The summed E-state index contributed by atoms with van der Waals surface area (Å²) in [5, 5.41) is 9.83. The molecule has 0 unspecified atom stereocenters. The van der Waals surface area contributed by atoms with Gasteiger partial charge in [0.15, 0.2) is 5.82 Å². The summed E-state index contributed by atoms with van der Waals surface area (Å²) in [4.78, 5) is 26.3. The molecule has 1 atom stereocenters. The summed E-state index contributed by atoms with van der Waals surface area (Å²) in [6.07, 6.45) is 0.868. The molecule has 7 heteroatoms. The van der Waals surface area contributed by atoms with Crippen LogP contribution >= 0.6 is 11.6 Å². The van der Waals surface area contributed by atoms with E-state index < -0.39 is 0 Å². The topological polar surface area (TPSA) is 73.1 Å².